The van der Waals surface area contributed by atoms with Crippen molar-refractivity contribution in [2.75, 3.05) is 14.1 Å². The van der Waals surface area contributed by atoms with Gasteiger partial charge in [0.25, 0.3) is 5.91 Å². The van der Waals surface area contributed by atoms with Gasteiger partial charge in [-0.25, -0.2) is 9.67 Å². The van der Waals surface area contributed by atoms with Crippen LogP contribution < -0.4 is 5.32 Å². The molecule has 0 saturated carbocycles. The molecular formula is C23H23Cl2N5O3. The maximum Gasteiger partial charge on any atom is 0.293 e. The number of carbonyl (C=O) groups is 3. The number of halogens is 2. The van der Waals surface area contributed by atoms with E-state index in [-0.39, 0.29) is 41.4 Å². The first-order chi connectivity index (χ1) is 15.6. The summed E-state index contributed by atoms with van der Waals surface area (Å²) < 4.78 is 1.37. The number of hydrogen-bond donors (Lipinski definition) is 1. The summed E-state index contributed by atoms with van der Waals surface area (Å²) >= 11 is 12.4. The van der Waals surface area contributed by atoms with Gasteiger partial charge < -0.3 is 10.2 Å². The van der Waals surface area contributed by atoms with Crippen LogP contribution in [0, 0.1) is 5.92 Å². The predicted molar refractivity (Wildman–Crippen MR) is 126 cm³/mol. The molecule has 0 bridgehead atoms. The number of nitrogens with one attached hydrogen (secondary N) is 1. The van der Waals surface area contributed by atoms with Crippen LogP contribution in [0.3, 0.4) is 0 Å². The van der Waals surface area contributed by atoms with Gasteiger partial charge in [0.1, 0.15) is 0 Å². The lowest BCUT2D eigenvalue weighted by Gasteiger charge is -2.13. The molecule has 33 heavy (non-hydrogen) atoms. The number of aromatic nitrogens is 3. The molecule has 0 aliphatic rings. The number of hydrogen-bond acceptors (Lipinski definition) is 5. The molecule has 3 rings (SSSR count). The number of benzene rings is 2. The largest absolute Gasteiger partial charge is 0.349 e. The molecule has 2 amide bonds. The highest BCUT2D eigenvalue weighted by Crippen LogP contribution is 2.26. The van der Waals surface area contributed by atoms with E-state index in [0.29, 0.717) is 21.3 Å². The Bertz CT molecular complexity index is 1220. The van der Waals surface area contributed by atoms with Crippen LogP contribution in [-0.4, -0.2) is 51.4 Å². The Balaban J connectivity index is 2.15. The lowest BCUT2D eigenvalue weighted by atomic mass is 10.0. The molecule has 0 saturated heterocycles. The zero-order chi connectivity index (χ0) is 24.3. The van der Waals surface area contributed by atoms with Crippen LogP contribution in [0.2, 0.25) is 10.0 Å². The first kappa shape index (κ1) is 24.4. The zero-order valence-electron chi connectivity index (χ0n) is 18.6. The molecule has 1 aromatic heterocycles. The quantitative estimate of drug-likeness (QED) is 0.511. The first-order valence-electron chi connectivity index (χ1n) is 10.1. The molecule has 8 nitrogen and oxygen atoms in total. The smallest absolute Gasteiger partial charge is 0.293 e. The van der Waals surface area contributed by atoms with E-state index < -0.39 is 5.91 Å². The second-order valence-electron chi connectivity index (χ2n) is 7.81. The van der Waals surface area contributed by atoms with Gasteiger partial charge in [-0.3, -0.25) is 14.4 Å². The summed E-state index contributed by atoms with van der Waals surface area (Å²) in [4.78, 5) is 43.7. The first-order valence-corrected chi connectivity index (χ1v) is 10.9. The topological polar surface area (TPSA) is 97.2 Å². The Kier molecular flexibility index (Phi) is 7.50. The third kappa shape index (κ3) is 5.40. The van der Waals surface area contributed by atoms with Crippen LogP contribution in [0.1, 0.15) is 46.2 Å². The van der Waals surface area contributed by atoms with Crippen molar-refractivity contribution in [1.82, 2.24) is 25.0 Å². The third-order valence-electron chi connectivity index (χ3n) is 4.77. The minimum atomic E-state index is -0.418. The molecule has 0 aliphatic carbocycles. The van der Waals surface area contributed by atoms with Gasteiger partial charge in [0.05, 0.1) is 17.3 Å². The summed E-state index contributed by atoms with van der Waals surface area (Å²) in [6.45, 7) is 3.54. The second-order valence-corrected chi connectivity index (χ2v) is 8.65. The average Bonchev–Trinajstić information content (AvgIpc) is 3.20. The molecule has 0 unspecified atom stereocenters. The fraction of sp³-hybridized carbons (Fsp3) is 0.261. The van der Waals surface area contributed by atoms with Gasteiger partial charge in [0, 0.05) is 36.2 Å². The van der Waals surface area contributed by atoms with Crippen molar-refractivity contribution in [3.05, 3.63) is 75.3 Å². The molecule has 0 fully saturated rings. The average molecular weight is 488 g/mol. The van der Waals surface area contributed by atoms with Crippen LogP contribution in [0.25, 0.3) is 5.69 Å². The summed E-state index contributed by atoms with van der Waals surface area (Å²) in [5.41, 5.74) is 0.867. The van der Waals surface area contributed by atoms with Crippen molar-refractivity contribution in [3.8, 4) is 5.69 Å². The van der Waals surface area contributed by atoms with Gasteiger partial charge in [0.15, 0.2) is 11.6 Å². The second kappa shape index (κ2) is 10.1. The maximum atomic E-state index is 13.4. The molecule has 0 radical (unpaired) electrons. The van der Waals surface area contributed by atoms with Crippen LogP contribution >= 0.6 is 23.2 Å². The molecule has 2 aromatic carbocycles. The minimum Gasteiger partial charge on any atom is -0.349 e. The van der Waals surface area contributed by atoms with Crippen molar-refractivity contribution >= 4 is 40.8 Å². The summed E-state index contributed by atoms with van der Waals surface area (Å²) in [5.74, 6) is -1.00. The van der Waals surface area contributed by atoms with E-state index in [4.69, 9.17) is 23.2 Å². The number of nitrogens with zero attached hydrogens (tertiary/aromatic N) is 4. The minimum absolute atomic E-state index is 0.00702. The molecule has 0 atom stereocenters. The standard InChI is InChI=1S/C23H23Cl2N5O3/c1-13(2)22(32)26-12-19-27-21(23(33)29(3)4)28-30(19)18-10-9-14(24)11-16(18)20(31)15-7-5-6-8-17(15)25/h5-11,13H,12H2,1-4H3,(H,26,32). The van der Waals surface area contributed by atoms with Gasteiger partial charge in [-0.15, -0.1) is 5.10 Å². The van der Waals surface area contributed by atoms with Gasteiger partial charge in [-0.2, -0.15) is 0 Å². The van der Waals surface area contributed by atoms with Gasteiger partial charge in [0.2, 0.25) is 11.7 Å². The number of carbonyl (C=O) groups excluding carboxylic acids is 3. The van der Waals surface area contributed by atoms with E-state index in [9.17, 15) is 14.4 Å². The molecule has 1 heterocycles. The molecule has 0 aliphatic heterocycles. The zero-order valence-corrected chi connectivity index (χ0v) is 20.1. The SMILES string of the molecule is CC(C)C(=O)NCc1nc(C(=O)N(C)C)nn1-c1ccc(Cl)cc1C(=O)c1ccccc1Cl. The van der Waals surface area contributed by atoms with Crippen molar-refractivity contribution in [1.29, 1.82) is 0 Å². The van der Waals surface area contributed by atoms with Crippen LogP contribution in [0.5, 0.6) is 0 Å². The van der Waals surface area contributed by atoms with E-state index in [1.54, 1.807) is 64.3 Å². The number of amides is 2. The monoisotopic (exact) mass is 487 g/mol. The fourth-order valence-electron chi connectivity index (χ4n) is 2.98. The molecular weight excluding hydrogens is 465 g/mol. The van der Waals surface area contributed by atoms with Crippen LogP contribution in [0.4, 0.5) is 0 Å². The Morgan fingerprint density at radius 2 is 1.76 bits per heavy atom. The highest BCUT2D eigenvalue weighted by Gasteiger charge is 2.24. The van der Waals surface area contributed by atoms with Crippen molar-refractivity contribution in [2.24, 2.45) is 5.92 Å². The fourth-order valence-corrected chi connectivity index (χ4v) is 3.37. The van der Waals surface area contributed by atoms with Crippen molar-refractivity contribution in [2.45, 2.75) is 20.4 Å². The predicted octanol–water partition coefficient (Wildman–Crippen LogP) is 3.78. The molecule has 1 N–H and O–H groups in total. The number of rotatable bonds is 7. The van der Waals surface area contributed by atoms with Gasteiger partial charge >= 0.3 is 0 Å². The van der Waals surface area contributed by atoms with Gasteiger partial charge in [-0.1, -0.05) is 49.2 Å². The number of ketones is 1. The van der Waals surface area contributed by atoms with Crippen LogP contribution in [-0.2, 0) is 11.3 Å². The summed E-state index contributed by atoms with van der Waals surface area (Å²) in [6.07, 6.45) is 0. The molecule has 0 spiro atoms. The van der Waals surface area contributed by atoms with E-state index in [1.165, 1.54) is 15.6 Å². The van der Waals surface area contributed by atoms with E-state index in [1.807, 2.05) is 0 Å². The Labute approximate surface area is 201 Å². The highest BCUT2D eigenvalue weighted by molar-refractivity contribution is 6.35. The summed E-state index contributed by atoms with van der Waals surface area (Å²) in [7, 11) is 3.16. The molecule has 3 aromatic rings. The normalized spacial score (nSPS) is 10.9. The summed E-state index contributed by atoms with van der Waals surface area (Å²) in [5, 5.41) is 7.75. The van der Waals surface area contributed by atoms with E-state index >= 15 is 0 Å². The maximum absolute atomic E-state index is 13.4. The Hall–Kier alpha value is -3.23. The lowest BCUT2D eigenvalue weighted by molar-refractivity contribution is -0.124. The highest BCUT2D eigenvalue weighted by atomic mass is 35.5. The van der Waals surface area contributed by atoms with Gasteiger partial charge in [-0.05, 0) is 30.3 Å². The van der Waals surface area contributed by atoms with E-state index in [0.717, 1.165) is 0 Å². The lowest BCUT2D eigenvalue weighted by Crippen LogP contribution is -2.28. The van der Waals surface area contributed by atoms with Crippen LogP contribution in [0.15, 0.2) is 42.5 Å². The van der Waals surface area contributed by atoms with Crippen molar-refractivity contribution < 1.29 is 14.4 Å². The van der Waals surface area contributed by atoms with E-state index in [2.05, 4.69) is 15.4 Å². The Morgan fingerprint density at radius 3 is 2.39 bits per heavy atom. The molecule has 172 valence electrons. The Morgan fingerprint density at radius 1 is 1.06 bits per heavy atom. The summed E-state index contributed by atoms with van der Waals surface area (Å²) in [6, 6.07) is 11.4. The molecule has 10 heteroatoms. The van der Waals surface area contributed by atoms with Crippen molar-refractivity contribution in [3.63, 3.8) is 0 Å². The third-order valence-corrected chi connectivity index (χ3v) is 5.33.